The lowest BCUT2D eigenvalue weighted by atomic mass is 10.0. The third kappa shape index (κ3) is 4.91. The van der Waals surface area contributed by atoms with Gasteiger partial charge in [0.15, 0.2) is 0 Å². The fourth-order valence-corrected chi connectivity index (χ4v) is 3.65. The summed E-state index contributed by atoms with van der Waals surface area (Å²) in [5.41, 5.74) is 14.9. The Hall–Kier alpha value is -4.04. The zero-order valence-corrected chi connectivity index (χ0v) is 18.2. The van der Waals surface area contributed by atoms with E-state index in [2.05, 4.69) is 10.3 Å². The van der Waals surface area contributed by atoms with Crippen molar-refractivity contribution in [2.24, 2.45) is 12.8 Å². The average Bonchev–Trinajstić information content (AvgIpc) is 2.83. The number of hydrogen-bond donors (Lipinski definition) is 3. The highest BCUT2D eigenvalue weighted by atomic mass is 19.1. The summed E-state index contributed by atoms with van der Waals surface area (Å²) in [7, 11) is 1.65. The molecule has 0 aliphatic carbocycles. The molecule has 4 rings (SSSR count). The van der Waals surface area contributed by atoms with Crippen LogP contribution in [0.4, 0.5) is 16.2 Å². The fourth-order valence-electron chi connectivity index (χ4n) is 3.65. The van der Waals surface area contributed by atoms with Gasteiger partial charge in [0.1, 0.15) is 11.6 Å². The van der Waals surface area contributed by atoms with E-state index >= 15 is 0 Å². The van der Waals surface area contributed by atoms with E-state index in [1.807, 2.05) is 30.3 Å². The monoisotopic (exact) mass is 444 g/mol. The molecule has 2 aromatic carbocycles. The predicted molar refractivity (Wildman–Crippen MR) is 129 cm³/mol. The van der Waals surface area contributed by atoms with E-state index in [0.29, 0.717) is 47.1 Å². The summed E-state index contributed by atoms with van der Waals surface area (Å²) >= 11 is 0. The topological polar surface area (TPSA) is 112 Å². The van der Waals surface area contributed by atoms with Crippen molar-refractivity contribution in [1.29, 1.82) is 0 Å². The molecule has 168 valence electrons. The molecular weight excluding hydrogens is 419 g/mol. The van der Waals surface area contributed by atoms with E-state index in [4.69, 9.17) is 16.5 Å². The zero-order chi connectivity index (χ0) is 23.4. The van der Waals surface area contributed by atoms with Crippen LogP contribution in [0.3, 0.4) is 0 Å². The van der Waals surface area contributed by atoms with Crippen LogP contribution in [0.25, 0.3) is 22.4 Å². The Kier molecular flexibility index (Phi) is 6.46. The van der Waals surface area contributed by atoms with E-state index in [1.54, 1.807) is 37.5 Å². The Morgan fingerprint density at radius 1 is 1.06 bits per heavy atom. The highest BCUT2D eigenvalue weighted by Gasteiger charge is 2.19. The fraction of sp³-hybridized carbons (Fsp3) is 0.160. The Morgan fingerprint density at radius 3 is 2.48 bits per heavy atom. The lowest BCUT2D eigenvalue weighted by Gasteiger charge is -2.17. The van der Waals surface area contributed by atoms with Crippen LogP contribution in [-0.4, -0.2) is 21.1 Å². The third-order valence-electron chi connectivity index (χ3n) is 5.44. The molecule has 0 bridgehead atoms. The second-order valence-corrected chi connectivity index (χ2v) is 7.73. The number of aromatic nitrogens is 3. The second kappa shape index (κ2) is 9.62. The molecule has 0 fully saturated rings. The average molecular weight is 445 g/mol. The molecule has 4 aromatic rings. The van der Waals surface area contributed by atoms with Crippen molar-refractivity contribution < 1.29 is 4.39 Å². The summed E-state index contributed by atoms with van der Waals surface area (Å²) in [6.07, 6.45) is 2.21. The molecule has 5 N–H and O–H groups in total. The summed E-state index contributed by atoms with van der Waals surface area (Å²) in [6.45, 7) is 0.518. The van der Waals surface area contributed by atoms with Gasteiger partial charge in [-0.25, -0.2) is 14.4 Å². The highest BCUT2D eigenvalue weighted by molar-refractivity contribution is 5.81. The normalized spacial score (nSPS) is 11.8. The molecule has 8 heteroatoms. The van der Waals surface area contributed by atoms with Crippen LogP contribution < -0.4 is 22.3 Å². The SMILES string of the molecule is Cn1c(NCC[C@H](N)c2ccccc2)nc(-c2ccnc(N)c2)c(-c2ccc(F)cc2)c1=O. The lowest BCUT2D eigenvalue weighted by molar-refractivity contribution is 0.628. The maximum Gasteiger partial charge on any atom is 0.263 e. The summed E-state index contributed by atoms with van der Waals surface area (Å²) in [5, 5.41) is 3.23. The van der Waals surface area contributed by atoms with Crippen LogP contribution in [0, 0.1) is 5.82 Å². The number of nitrogens with two attached hydrogens (primary N) is 2. The van der Waals surface area contributed by atoms with Gasteiger partial charge in [-0.2, -0.15) is 0 Å². The standard InChI is InChI=1S/C25H25FN6O/c1-32-24(33)22(17-7-9-19(26)10-8-17)23(18-11-13-29-21(28)15-18)31-25(32)30-14-12-20(27)16-5-3-2-4-6-16/h2-11,13,15,20H,12,14,27H2,1H3,(H2,28,29)(H,30,31)/t20-/m0/s1. The van der Waals surface area contributed by atoms with Gasteiger partial charge in [0.2, 0.25) is 5.95 Å². The molecule has 0 amide bonds. The van der Waals surface area contributed by atoms with Crippen LogP contribution in [0.15, 0.2) is 77.7 Å². The van der Waals surface area contributed by atoms with Crippen molar-refractivity contribution in [3.05, 3.63) is 94.7 Å². The van der Waals surface area contributed by atoms with Gasteiger partial charge in [-0.1, -0.05) is 42.5 Å². The van der Waals surface area contributed by atoms with Crippen LogP contribution in [-0.2, 0) is 7.05 Å². The van der Waals surface area contributed by atoms with Crippen molar-refractivity contribution in [2.75, 3.05) is 17.6 Å². The number of nitrogens with one attached hydrogen (secondary N) is 1. The van der Waals surface area contributed by atoms with Crippen LogP contribution in [0.1, 0.15) is 18.0 Å². The molecule has 0 saturated heterocycles. The molecule has 1 atom stereocenters. The minimum atomic E-state index is -0.383. The Bertz CT molecular complexity index is 1310. The molecule has 7 nitrogen and oxygen atoms in total. The van der Waals surface area contributed by atoms with Gasteiger partial charge in [0.05, 0.1) is 11.3 Å². The molecule has 0 spiro atoms. The van der Waals surface area contributed by atoms with Gasteiger partial charge < -0.3 is 16.8 Å². The third-order valence-corrected chi connectivity index (χ3v) is 5.44. The zero-order valence-electron chi connectivity index (χ0n) is 18.2. The second-order valence-electron chi connectivity index (χ2n) is 7.73. The van der Waals surface area contributed by atoms with Crippen LogP contribution >= 0.6 is 0 Å². The predicted octanol–water partition coefficient (Wildman–Crippen LogP) is 3.73. The number of pyridine rings is 1. The quantitative estimate of drug-likeness (QED) is 0.400. The summed E-state index contributed by atoms with van der Waals surface area (Å²) in [6, 6.07) is 18.8. The van der Waals surface area contributed by atoms with E-state index in [-0.39, 0.29) is 17.4 Å². The molecule has 0 radical (unpaired) electrons. The van der Waals surface area contributed by atoms with Crippen molar-refractivity contribution in [1.82, 2.24) is 14.5 Å². The molecule has 0 aliphatic rings. The molecular formula is C25H25FN6O. The van der Waals surface area contributed by atoms with E-state index in [1.165, 1.54) is 16.7 Å². The molecule has 0 saturated carbocycles. The minimum Gasteiger partial charge on any atom is -0.384 e. The summed E-state index contributed by atoms with van der Waals surface area (Å²) in [4.78, 5) is 22.2. The number of nitrogens with zero attached hydrogens (tertiary/aromatic N) is 3. The maximum atomic E-state index is 13.5. The summed E-state index contributed by atoms with van der Waals surface area (Å²) in [5.74, 6) is 0.325. The number of nitrogen functional groups attached to an aromatic ring is 1. The van der Waals surface area contributed by atoms with Gasteiger partial charge >= 0.3 is 0 Å². The first-order chi connectivity index (χ1) is 15.9. The highest BCUT2D eigenvalue weighted by Crippen LogP contribution is 2.29. The number of benzene rings is 2. The molecule has 2 aromatic heterocycles. The number of anilines is 2. The van der Waals surface area contributed by atoms with Gasteiger partial charge in [-0.15, -0.1) is 0 Å². The first-order valence-electron chi connectivity index (χ1n) is 10.6. The smallest absolute Gasteiger partial charge is 0.263 e. The molecule has 2 heterocycles. The van der Waals surface area contributed by atoms with Crippen molar-refractivity contribution >= 4 is 11.8 Å². The Labute approximate surface area is 190 Å². The maximum absolute atomic E-state index is 13.5. The van der Waals surface area contributed by atoms with Crippen molar-refractivity contribution in [3.63, 3.8) is 0 Å². The van der Waals surface area contributed by atoms with Gasteiger partial charge in [-0.05, 0) is 41.8 Å². The Balaban J connectivity index is 1.70. The van der Waals surface area contributed by atoms with Crippen LogP contribution in [0.2, 0.25) is 0 Å². The molecule has 33 heavy (non-hydrogen) atoms. The molecule has 0 aliphatic heterocycles. The van der Waals surface area contributed by atoms with E-state index < -0.39 is 0 Å². The number of rotatable bonds is 7. The van der Waals surface area contributed by atoms with Gasteiger partial charge in [-0.3, -0.25) is 9.36 Å². The number of hydrogen-bond acceptors (Lipinski definition) is 6. The lowest BCUT2D eigenvalue weighted by Crippen LogP contribution is -2.26. The van der Waals surface area contributed by atoms with Gasteiger partial charge in [0, 0.05) is 31.4 Å². The largest absolute Gasteiger partial charge is 0.384 e. The van der Waals surface area contributed by atoms with E-state index in [9.17, 15) is 9.18 Å². The first-order valence-corrected chi connectivity index (χ1v) is 10.6. The number of halogens is 1. The van der Waals surface area contributed by atoms with Crippen molar-refractivity contribution in [2.45, 2.75) is 12.5 Å². The first kappa shape index (κ1) is 22.2. The Morgan fingerprint density at radius 2 is 1.79 bits per heavy atom. The van der Waals surface area contributed by atoms with E-state index in [0.717, 1.165) is 5.56 Å². The van der Waals surface area contributed by atoms with Gasteiger partial charge in [0.25, 0.3) is 5.56 Å². The van der Waals surface area contributed by atoms with Crippen LogP contribution in [0.5, 0.6) is 0 Å². The summed E-state index contributed by atoms with van der Waals surface area (Å²) < 4.78 is 15.0. The minimum absolute atomic E-state index is 0.145. The van der Waals surface area contributed by atoms with Crippen molar-refractivity contribution in [3.8, 4) is 22.4 Å². The molecule has 0 unspecified atom stereocenters.